The highest BCUT2D eigenvalue weighted by Gasteiger charge is 2.16. The van der Waals surface area contributed by atoms with Gasteiger partial charge >= 0.3 is 6.09 Å². The van der Waals surface area contributed by atoms with Crippen molar-refractivity contribution in [1.82, 2.24) is 71.1 Å². The van der Waals surface area contributed by atoms with Gasteiger partial charge in [0.1, 0.15) is 28.8 Å². The van der Waals surface area contributed by atoms with Crippen LogP contribution in [-0.2, 0) is 24.4 Å². The van der Waals surface area contributed by atoms with Gasteiger partial charge in [0.2, 0.25) is 0 Å². The van der Waals surface area contributed by atoms with Crippen LogP contribution in [-0.4, -0.2) is 85.2 Å². The Hall–Kier alpha value is -5.97. The molecule has 0 aliphatic carbocycles. The van der Waals surface area contributed by atoms with Crippen LogP contribution in [0.25, 0.3) is 34.2 Å². The van der Waals surface area contributed by atoms with E-state index in [1.165, 1.54) is 0 Å². The van der Waals surface area contributed by atoms with Crippen LogP contribution >= 0.6 is 50.9 Å². The van der Waals surface area contributed by atoms with E-state index in [1.807, 2.05) is 64.1 Å². The van der Waals surface area contributed by atoms with Crippen LogP contribution in [0.5, 0.6) is 5.75 Å². The second kappa shape index (κ2) is 24.8. The molecular formula is C38H46Br3N15O4. The van der Waals surface area contributed by atoms with E-state index in [0.717, 1.165) is 28.0 Å². The Morgan fingerprint density at radius 3 is 1.45 bits per heavy atom. The van der Waals surface area contributed by atoms with Crippen molar-refractivity contribution in [2.75, 3.05) is 7.11 Å². The molecule has 7 N–H and O–H groups in total. The molecular weight excluding hydrogens is 970 g/mol. The fraction of sp³-hybridized carbons (Fsp3) is 0.237. The summed E-state index contributed by atoms with van der Waals surface area (Å²) in [6.07, 6.45) is 9.62. The Morgan fingerprint density at radius 1 is 0.650 bits per heavy atom. The summed E-state index contributed by atoms with van der Waals surface area (Å²) in [5, 5.41) is 26.0. The highest BCUT2D eigenvalue weighted by atomic mass is 79.9. The molecule has 318 valence electrons. The SMILES string of the molecule is Br.Br.Br.CC(C)(C)OC(=O)NCc1nc(-c2ccncc2)n[nH]1.COc1ccc(C(=O)NCc2nc(-c3ccncc3)n[nH]2)cc1C.NCc1nc(-c2ccncc2)n[nH]1. The molecule has 60 heavy (non-hydrogen) atoms. The van der Waals surface area contributed by atoms with Crippen molar-refractivity contribution in [2.45, 2.75) is 52.9 Å². The molecule has 0 aliphatic rings. The number of H-pyrrole nitrogens is 3. The van der Waals surface area contributed by atoms with Gasteiger partial charge in [-0.3, -0.25) is 35.0 Å². The average Bonchev–Trinajstić information content (AvgIpc) is 4.02. The molecule has 0 atom stereocenters. The number of ether oxygens (including phenoxy) is 2. The maximum atomic E-state index is 12.2. The third kappa shape index (κ3) is 15.7. The standard InChI is InChI=1S/C17H17N5O2.C13H17N5O2.C8H9N5.3BrH/c1-11-9-13(3-4-14(11)24-2)17(23)19-10-15-20-16(22-21-15)12-5-7-18-8-6-12;1-13(2,3)20-12(19)15-8-10-16-11(18-17-10)9-4-6-14-7-5-9;9-5-7-11-8(13-12-7)6-1-3-10-4-2-6;;;/h3-9H,10H2,1-2H3,(H,19,23)(H,20,21,22);4-7H,8H2,1-3H3,(H,15,19)(H,16,17,18);1-4H,5,9H2,(H,11,12,13);3*1H. The first-order chi connectivity index (χ1) is 27.5. The maximum Gasteiger partial charge on any atom is 0.408 e. The van der Waals surface area contributed by atoms with Crippen molar-refractivity contribution in [3.8, 4) is 39.9 Å². The summed E-state index contributed by atoms with van der Waals surface area (Å²) in [5.74, 6) is 4.19. The Bertz CT molecular complexity index is 2320. The van der Waals surface area contributed by atoms with E-state index in [1.54, 1.807) is 62.5 Å². The molecule has 0 saturated carbocycles. The third-order valence-electron chi connectivity index (χ3n) is 7.48. The van der Waals surface area contributed by atoms with E-state index in [9.17, 15) is 9.59 Å². The number of aromatic amines is 3. The Kier molecular flexibility index (Phi) is 20.8. The lowest BCUT2D eigenvalue weighted by atomic mass is 10.1. The van der Waals surface area contributed by atoms with E-state index in [-0.39, 0.29) is 69.9 Å². The molecule has 0 saturated heterocycles. The van der Waals surface area contributed by atoms with Gasteiger partial charge in [-0.1, -0.05) is 0 Å². The number of pyridine rings is 3. The van der Waals surface area contributed by atoms with Gasteiger partial charge < -0.3 is 25.8 Å². The molecule has 0 radical (unpaired) electrons. The quantitative estimate of drug-likeness (QED) is 0.0910. The van der Waals surface area contributed by atoms with Crippen LogP contribution in [0.4, 0.5) is 4.79 Å². The number of nitrogens with zero attached hydrogens (tertiary/aromatic N) is 9. The number of methoxy groups -OCH3 is 1. The van der Waals surface area contributed by atoms with Crippen LogP contribution in [0, 0.1) is 6.92 Å². The molecule has 2 amide bonds. The molecule has 0 fully saturated rings. The minimum Gasteiger partial charge on any atom is -0.496 e. The van der Waals surface area contributed by atoms with Gasteiger partial charge in [-0.25, -0.2) is 19.7 Å². The summed E-state index contributed by atoms with van der Waals surface area (Å²) < 4.78 is 10.3. The largest absolute Gasteiger partial charge is 0.496 e. The highest BCUT2D eigenvalue weighted by molar-refractivity contribution is 8.93. The molecule has 6 aromatic heterocycles. The van der Waals surface area contributed by atoms with E-state index in [0.29, 0.717) is 47.1 Å². The molecule has 0 spiro atoms. The predicted octanol–water partition coefficient (Wildman–Crippen LogP) is 6.06. The summed E-state index contributed by atoms with van der Waals surface area (Å²) in [4.78, 5) is 48.4. The van der Waals surface area contributed by atoms with E-state index in [2.05, 4.69) is 71.1 Å². The van der Waals surface area contributed by atoms with Gasteiger partial charge in [-0.05, 0) is 87.9 Å². The number of hydrogen-bond acceptors (Lipinski definition) is 14. The normalized spacial score (nSPS) is 10.1. The van der Waals surface area contributed by atoms with E-state index >= 15 is 0 Å². The van der Waals surface area contributed by atoms with Crippen LogP contribution in [0.3, 0.4) is 0 Å². The van der Waals surface area contributed by atoms with E-state index in [4.69, 9.17) is 15.2 Å². The van der Waals surface area contributed by atoms with Gasteiger partial charge in [0.25, 0.3) is 5.91 Å². The molecule has 22 heteroatoms. The smallest absolute Gasteiger partial charge is 0.408 e. The first-order valence-electron chi connectivity index (χ1n) is 17.6. The molecule has 0 aliphatic heterocycles. The summed E-state index contributed by atoms with van der Waals surface area (Å²) >= 11 is 0. The number of nitrogens with two attached hydrogens (primary N) is 1. The summed E-state index contributed by atoms with van der Waals surface area (Å²) in [6, 6.07) is 16.3. The van der Waals surface area contributed by atoms with Crippen molar-refractivity contribution in [3.05, 3.63) is 120 Å². The molecule has 0 unspecified atom stereocenters. The van der Waals surface area contributed by atoms with Gasteiger partial charge in [0, 0.05) is 59.4 Å². The van der Waals surface area contributed by atoms with Gasteiger partial charge in [0.15, 0.2) is 17.5 Å². The molecule has 0 bridgehead atoms. The fourth-order valence-electron chi connectivity index (χ4n) is 4.78. The average molecular weight is 1020 g/mol. The van der Waals surface area contributed by atoms with Crippen molar-refractivity contribution >= 4 is 62.9 Å². The monoisotopic (exact) mass is 1010 g/mol. The van der Waals surface area contributed by atoms with Crippen LogP contribution in [0.2, 0.25) is 0 Å². The molecule has 7 rings (SSSR count). The van der Waals surface area contributed by atoms with Gasteiger partial charge in [-0.15, -0.1) is 50.9 Å². The number of aromatic nitrogens is 12. The topological polar surface area (TPSA) is 266 Å². The Balaban J connectivity index is 0.000000314. The Morgan fingerprint density at radius 2 is 1.07 bits per heavy atom. The second-order valence-corrected chi connectivity index (χ2v) is 13.0. The van der Waals surface area contributed by atoms with Crippen LogP contribution in [0.1, 0.15) is 54.2 Å². The van der Waals surface area contributed by atoms with Crippen molar-refractivity contribution < 1.29 is 19.1 Å². The molecule has 7 aromatic rings. The maximum absolute atomic E-state index is 12.2. The first-order valence-corrected chi connectivity index (χ1v) is 17.6. The van der Waals surface area contributed by atoms with Crippen molar-refractivity contribution in [3.63, 3.8) is 0 Å². The fourth-order valence-corrected chi connectivity index (χ4v) is 4.78. The lowest BCUT2D eigenvalue weighted by Gasteiger charge is -2.19. The van der Waals surface area contributed by atoms with Crippen molar-refractivity contribution in [1.29, 1.82) is 0 Å². The molecule has 6 heterocycles. The number of rotatable bonds is 10. The van der Waals surface area contributed by atoms with E-state index < -0.39 is 11.7 Å². The lowest BCUT2D eigenvalue weighted by molar-refractivity contribution is 0.0522. The number of nitrogens with one attached hydrogen (secondary N) is 5. The second-order valence-electron chi connectivity index (χ2n) is 13.0. The minimum atomic E-state index is -0.520. The molecule has 1 aromatic carbocycles. The third-order valence-corrected chi connectivity index (χ3v) is 7.48. The molecule has 19 nitrogen and oxygen atoms in total. The number of aryl methyl sites for hydroxylation is 1. The number of alkyl carbamates (subject to hydrolysis) is 1. The summed E-state index contributed by atoms with van der Waals surface area (Å²) in [6.45, 7) is 8.19. The number of amides is 2. The summed E-state index contributed by atoms with van der Waals surface area (Å²) in [5.41, 5.74) is 9.02. The number of carbonyl (C=O) groups excluding carboxylic acids is 2. The zero-order valence-electron chi connectivity index (χ0n) is 33.2. The van der Waals surface area contributed by atoms with Gasteiger partial charge in [0.05, 0.1) is 26.7 Å². The predicted molar refractivity (Wildman–Crippen MR) is 240 cm³/mol. The minimum absolute atomic E-state index is 0. The Labute approximate surface area is 377 Å². The summed E-state index contributed by atoms with van der Waals surface area (Å²) in [7, 11) is 1.60. The van der Waals surface area contributed by atoms with Crippen molar-refractivity contribution in [2.24, 2.45) is 5.73 Å². The zero-order chi connectivity index (χ0) is 40.6. The number of carbonyl (C=O) groups is 2. The first kappa shape index (κ1) is 50.2. The lowest BCUT2D eigenvalue weighted by Crippen LogP contribution is -2.32. The number of hydrogen-bond donors (Lipinski definition) is 6. The number of halogens is 3. The van der Waals surface area contributed by atoms with Gasteiger partial charge in [-0.2, -0.15) is 15.3 Å². The number of benzene rings is 1. The van der Waals surface area contributed by atoms with Crippen LogP contribution in [0.15, 0.2) is 91.8 Å². The zero-order valence-corrected chi connectivity index (χ0v) is 38.4. The highest BCUT2D eigenvalue weighted by Crippen LogP contribution is 2.19. The van der Waals surface area contributed by atoms with Crippen LogP contribution < -0.4 is 21.1 Å².